The molecular weight excluding hydrogens is 226 g/mol. The zero-order valence-corrected chi connectivity index (χ0v) is 9.75. The maximum absolute atomic E-state index is 5.65. The SMILES string of the molecule is CCC(Oc1ccc2c(c1)OCO2)C(N)=S. The molecule has 0 spiro atoms. The van der Waals surface area contributed by atoms with Crippen LogP contribution in [-0.2, 0) is 0 Å². The molecule has 5 heteroatoms. The molecule has 1 aromatic carbocycles. The van der Waals surface area contributed by atoms with E-state index >= 15 is 0 Å². The van der Waals surface area contributed by atoms with Crippen molar-refractivity contribution in [2.45, 2.75) is 19.4 Å². The quantitative estimate of drug-likeness (QED) is 0.813. The minimum absolute atomic E-state index is 0.240. The van der Waals surface area contributed by atoms with Crippen molar-refractivity contribution in [2.75, 3.05) is 6.79 Å². The summed E-state index contributed by atoms with van der Waals surface area (Å²) in [6.45, 7) is 2.22. The zero-order valence-electron chi connectivity index (χ0n) is 8.93. The van der Waals surface area contributed by atoms with E-state index in [9.17, 15) is 0 Å². The van der Waals surface area contributed by atoms with Crippen LogP contribution in [0.2, 0.25) is 0 Å². The Bertz CT molecular complexity index is 408. The molecule has 0 radical (unpaired) electrons. The van der Waals surface area contributed by atoms with Crippen molar-refractivity contribution in [3.8, 4) is 17.2 Å². The van der Waals surface area contributed by atoms with Gasteiger partial charge in [0.05, 0.1) is 0 Å². The Morgan fingerprint density at radius 1 is 1.50 bits per heavy atom. The molecule has 4 nitrogen and oxygen atoms in total. The van der Waals surface area contributed by atoms with Crippen LogP contribution in [0.3, 0.4) is 0 Å². The lowest BCUT2D eigenvalue weighted by molar-refractivity contribution is 0.173. The molecule has 1 unspecified atom stereocenters. The fraction of sp³-hybridized carbons (Fsp3) is 0.364. The number of benzene rings is 1. The van der Waals surface area contributed by atoms with Gasteiger partial charge in [0.1, 0.15) is 16.8 Å². The van der Waals surface area contributed by atoms with Crippen molar-refractivity contribution in [1.82, 2.24) is 0 Å². The van der Waals surface area contributed by atoms with Gasteiger partial charge in [0.15, 0.2) is 11.5 Å². The molecule has 16 heavy (non-hydrogen) atoms. The highest BCUT2D eigenvalue weighted by Crippen LogP contribution is 2.35. The Balaban J connectivity index is 2.13. The van der Waals surface area contributed by atoms with E-state index in [2.05, 4.69) is 0 Å². The Labute approximate surface area is 99.3 Å². The standard InChI is InChI=1S/C11H13NO3S/c1-2-8(11(12)16)15-7-3-4-9-10(5-7)14-6-13-9/h3-5,8H,2,6H2,1H3,(H2,12,16). The Hall–Kier alpha value is -1.49. The summed E-state index contributed by atoms with van der Waals surface area (Å²) < 4.78 is 16.1. The van der Waals surface area contributed by atoms with Crippen LogP contribution in [0, 0.1) is 0 Å². The van der Waals surface area contributed by atoms with Gasteiger partial charge in [-0.1, -0.05) is 19.1 Å². The van der Waals surface area contributed by atoms with Crippen molar-refractivity contribution in [2.24, 2.45) is 5.73 Å². The molecule has 2 N–H and O–H groups in total. The van der Waals surface area contributed by atoms with Crippen LogP contribution >= 0.6 is 12.2 Å². The summed E-state index contributed by atoms with van der Waals surface area (Å²) in [5.74, 6) is 2.11. The highest BCUT2D eigenvalue weighted by molar-refractivity contribution is 7.80. The summed E-state index contributed by atoms with van der Waals surface area (Å²) in [5, 5.41) is 0. The molecule has 0 fully saturated rings. The van der Waals surface area contributed by atoms with E-state index in [1.165, 1.54) is 0 Å². The number of hydrogen-bond donors (Lipinski definition) is 1. The molecule has 0 amide bonds. The van der Waals surface area contributed by atoms with Crippen molar-refractivity contribution >= 4 is 17.2 Å². The first-order chi connectivity index (χ1) is 7.70. The minimum atomic E-state index is -0.240. The minimum Gasteiger partial charge on any atom is -0.483 e. The van der Waals surface area contributed by atoms with Crippen LogP contribution in [0.25, 0.3) is 0 Å². The molecule has 0 saturated carbocycles. The van der Waals surface area contributed by atoms with Crippen molar-refractivity contribution in [3.63, 3.8) is 0 Å². The molecule has 0 bridgehead atoms. The summed E-state index contributed by atoms with van der Waals surface area (Å²) in [5.41, 5.74) is 5.56. The van der Waals surface area contributed by atoms with E-state index in [1.54, 1.807) is 6.07 Å². The number of hydrogen-bond acceptors (Lipinski definition) is 4. The Morgan fingerprint density at radius 3 is 2.94 bits per heavy atom. The predicted octanol–water partition coefficient (Wildman–Crippen LogP) is 1.86. The van der Waals surface area contributed by atoms with E-state index in [4.69, 9.17) is 32.2 Å². The molecule has 86 valence electrons. The Morgan fingerprint density at radius 2 is 2.25 bits per heavy atom. The van der Waals surface area contributed by atoms with Crippen LogP contribution in [0.5, 0.6) is 17.2 Å². The second-order valence-corrected chi connectivity index (χ2v) is 3.90. The largest absolute Gasteiger partial charge is 0.483 e. The fourth-order valence-electron chi connectivity index (χ4n) is 1.46. The second kappa shape index (κ2) is 4.57. The van der Waals surface area contributed by atoms with Gasteiger partial charge in [0.2, 0.25) is 6.79 Å². The van der Waals surface area contributed by atoms with Crippen LogP contribution in [-0.4, -0.2) is 17.9 Å². The van der Waals surface area contributed by atoms with E-state index in [0.29, 0.717) is 16.5 Å². The van der Waals surface area contributed by atoms with Gasteiger partial charge in [-0.15, -0.1) is 0 Å². The van der Waals surface area contributed by atoms with E-state index in [1.807, 2.05) is 19.1 Å². The van der Waals surface area contributed by atoms with Gasteiger partial charge < -0.3 is 19.9 Å². The molecule has 1 atom stereocenters. The van der Waals surface area contributed by atoms with Crippen molar-refractivity contribution in [1.29, 1.82) is 0 Å². The number of rotatable bonds is 4. The predicted molar refractivity (Wildman–Crippen MR) is 64.1 cm³/mol. The van der Waals surface area contributed by atoms with E-state index in [-0.39, 0.29) is 12.9 Å². The normalized spacial score (nSPS) is 14.6. The molecule has 1 heterocycles. The third-order valence-electron chi connectivity index (χ3n) is 2.31. The van der Waals surface area contributed by atoms with E-state index < -0.39 is 0 Å². The first-order valence-electron chi connectivity index (χ1n) is 5.06. The number of thiocarbonyl (C=S) groups is 1. The molecule has 0 aliphatic carbocycles. The first kappa shape index (κ1) is 11.0. The van der Waals surface area contributed by atoms with Crippen LogP contribution in [0.1, 0.15) is 13.3 Å². The lowest BCUT2D eigenvalue weighted by Crippen LogP contribution is -2.31. The number of nitrogens with two attached hydrogens (primary N) is 1. The maximum Gasteiger partial charge on any atom is 0.231 e. The smallest absolute Gasteiger partial charge is 0.231 e. The zero-order chi connectivity index (χ0) is 11.5. The average molecular weight is 239 g/mol. The van der Waals surface area contributed by atoms with Crippen LogP contribution < -0.4 is 19.9 Å². The number of ether oxygens (including phenoxy) is 3. The van der Waals surface area contributed by atoms with Gasteiger partial charge in [0.25, 0.3) is 0 Å². The van der Waals surface area contributed by atoms with E-state index in [0.717, 1.165) is 12.2 Å². The average Bonchev–Trinajstić information content (AvgIpc) is 2.72. The summed E-state index contributed by atoms with van der Waals surface area (Å²) in [4.78, 5) is 0.361. The van der Waals surface area contributed by atoms with Gasteiger partial charge in [0, 0.05) is 6.07 Å². The van der Waals surface area contributed by atoms with Gasteiger partial charge in [-0.3, -0.25) is 0 Å². The van der Waals surface area contributed by atoms with Gasteiger partial charge >= 0.3 is 0 Å². The number of fused-ring (bicyclic) bond motifs is 1. The van der Waals surface area contributed by atoms with Gasteiger partial charge in [-0.2, -0.15) is 0 Å². The molecule has 1 aliphatic heterocycles. The third kappa shape index (κ3) is 2.19. The van der Waals surface area contributed by atoms with Crippen LogP contribution in [0.4, 0.5) is 0 Å². The third-order valence-corrected chi connectivity index (χ3v) is 2.57. The van der Waals surface area contributed by atoms with Gasteiger partial charge in [-0.25, -0.2) is 0 Å². The Kier molecular flexibility index (Phi) is 3.14. The molecule has 0 aromatic heterocycles. The second-order valence-electron chi connectivity index (χ2n) is 3.43. The van der Waals surface area contributed by atoms with Crippen molar-refractivity contribution < 1.29 is 14.2 Å². The molecule has 1 aromatic rings. The lowest BCUT2D eigenvalue weighted by atomic mass is 10.2. The maximum atomic E-state index is 5.65. The molecule has 2 rings (SSSR count). The van der Waals surface area contributed by atoms with Gasteiger partial charge in [-0.05, 0) is 18.6 Å². The first-order valence-corrected chi connectivity index (χ1v) is 5.47. The fourth-order valence-corrected chi connectivity index (χ4v) is 1.67. The molecule has 1 aliphatic rings. The molecule has 0 saturated heterocycles. The summed E-state index contributed by atoms with van der Waals surface area (Å²) in [6.07, 6.45) is 0.499. The lowest BCUT2D eigenvalue weighted by Gasteiger charge is -2.16. The monoisotopic (exact) mass is 239 g/mol. The summed E-state index contributed by atoms with van der Waals surface area (Å²) >= 11 is 4.91. The summed E-state index contributed by atoms with van der Waals surface area (Å²) in [6, 6.07) is 5.40. The highest BCUT2D eigenvalue weighted by Gasteiger charge is 2.16. The highest BCUT2D eigenvalue weighted by atomic mass is 32.1. The summed E-state index contributed by atoms with van der Waals surface area (Å²) in [7, 11) is 0. The topological polar surface area (TPSA) is 53.7 Å². The van der Waals surface area contributed by atoms with Crippen molar-refractivity contribution in [3.05, 3.63) is 18.2 Å². The van der Waals surface area contributed by atoms with Crippen LogP contribution in [0.15, 0.2) is 18.2 Å². The molecular formula is C11H13NO3S.